The number of aromatic amines is 1. The van der Waals surface area contributed by atoms with Gasteiger partial charge in [-0.1, -0.05) is 19.3 Å². The molecular weight excluding hydrogens is 224 g/mol. The molecule has 1 aromatic rings. The molecule has 1 fully saturated rings. The first-order valence-corrected chi connectivity index (χ1v) is 7.01. The van der Waals surface area contributed by atoms with Gasteiger partial charge in [0, 0.05) is 29.9 Å². The number of nitrogens with zero attached hydrogens (tertiary/aromatic N) is 2. The molecule has 18 heavy (non-hydrogen) atoms. The quantitative estimate of drug-likeness (QED) is 0.841. The molecule has 2 rings (SSSR count). The molecule has 0 spiro atoms. The zero-order valence-corrected chi connectivity index (χ0v) is 11.9. The van der Waals surface area contributed by atoms with E-state index in [-0.39, 0.29) is 0 Å². The Balaban J connectivity index is 1.88. The molecule has 0 amide bonds. The van der Waals surface area contributed by atoms with Crippen LogP contribution in [0.25, 0.3) is 0 Å². The predicted octanol–water partition coefficient (Wildman–Crippen LogP) is 2.07. The summed E-state index contributed by atoms with van der Waals surface area (Å²) in [5, 5.41) is 10.7. The molecule has 0 aromatic carbocycles. The number of rotatable bonds is 5. The Labute approximate surface area is 110 Å². The minimum absolute atomic E-state index is 0.357. The molecule has 1 saturated carbocycles. The third-order valence-electron chi connectivity index (χ3n) is 4.44. The van der Waals surface area contributed by atoms with Crippen LogP contribution < -0.4 is 5.32 Å². The summed E-state index contributed by atoms with van der Waals surface area (Å²) in [6.07, 6.45) is 8.69. The van der Waals surface area contributed by atoms with Crippen LogP contribution in [0, 0.1) is 6.92 Å². The van der Waals surface area contributed by atoms with Crippen molar-refractivity contribution in [3.8, 4) is 0 Å². The van der Waals surface area contributed by atoms with Crippen molar-refractivity contribution < 1.29 is 0 Å². The van der Waals surface area contributed by atoms with E-state index in [1.54, 1.807) is 0 Å². The number of likely N-dealkylation sites (N-methyl/N-ethyl adjacent to an activating group) is 1. The Bertz CT molecular complexity index is 364. The fourth-order valence-corrected chi connectivity index (χ4v) is 2.98. The van der Waals surface area contributed by atoms with Gasteiger partial charge >= 0.3 is 0 Å². The lowest BCUT2D eigenvalue weighted by Crippen LogP contribution is -2.52. The van der Waals surface area contributed by atoms with Gasteiger partial charge < -0.3 is 10.2 Å². The average Bonchev–Trinajstić information content (AvgIpc) is 2.76. The molecule has 0 aliphatic heterocycles. The van der Waals surface area contributed by atoms with Gasteiger partial charge in [-0.15, -0.1) is 0 Å². The van der Waals surface area contributed by atoms with E-state index in [2.05, 4.69) is 41.4 Å². The Morgan fingerprint density at radius 1 is 1.33 bits per heavy atom. The highest BCUT2D eigenvalue weighted by Gasteiger charge is 2.33. The second-order valence-corrected chi connectivity index (χ2v) is 5.80. The Kier molecular flexibility index (Phi) is 4.40. The van der Waals surface area contributed by atoms with Gasteiger partial charge in [0.05, 0.1) is 6.20 Å². The fourth-order valence-electron chi connectivity index (χ4n) is 2.98. The molecular formula is C14H26N4. The van der Waals surface area contributed by atoms with E-state index in [0.29, 0.717) is 5.54 Å². The number of nitrogens with one attached hydrogen (secondary N) is 2. The fraction of sp³-hybridized carbons (Fsp3) is 0.786. The van der Waals surface area contributed by atoms with Crippen LogP contribution in [0.4, 0.5) is 0 Å². The van der Waals surface area contributed by atoms with Gasteiger partial charge in [-0.25, -0.2) is 0 Å². The van der Waals surface area contributed by atoms with Crippen molar-refractivity contribution in [3.05, 3.63) is 17.5 Å². The summed E-state index contributed by atoms with van der Waals surface area (Å²) in [6, 6.07) is 0. The molecule has 1 aromatic heterocycles. The van der Waals surface area contributed by atoms with Gasteiger partial charge in [0.1, 0.15) is 0 Å². The van der Waals surface area contributed by atoms with Crippen LogP contribution >= 0.6 is 0 Å². The number of aryl methyl sites for hydroxylation is 1. The molecule has 0 radical (unpaired) electrons. The molecule has 1 aliphatic rings. The van der Waals surface area contributed by atoms with Crippen molar-refractivity contribution in [1.82, 2.24) is 20.4 Å². The molecule has 102 valence electrons. The van der Waals surface area contributed by atoms with Crippen molar-refractivity contribution >= 4 is 0 Å². The van der Waals surface area contributed by atoms with Crippen molar-refractivity contribution in [1.29, 1.82) is 0 Å². The van der Waals surface area contributed by atoms with E-state index in [9.17, 15) is 0 Å². The van der Waals surface area contributed by atoms with Crippen LogP contribution in [0.5, 0.6) is 0 Å². The van der Waals surface area contributed by atoms with Crippen LogP contribution in [-0.2, 0) is 6.54 Å². The lowest BCUT2D eigenvalue weighted by Gasteiger charge is -2.43. The first-order chi connectivity index (χ1) is 8.64. The third-order valence-corrected chi connectivity index (χ3v) is 4.44. The normalized spacial score (nSPS) is 19.3. The lowest BCUT2D eigenvalue weighted by atomic mass is 9.80. The van der Waals surface area contributed by atoms with Gasteiger partial charge in [0.25, 0.3) is 0 Å². The molecule has 4 heteroatoms. The molecule has 2 N–H and O–H groups in total. The molecule has 0 bridgehead atoms. The van der Waals surface area contributed by atoms with Crippen LogP contribution in [0.15, 0.2) is 6.20 Å². The van der Waals surface area contributed by atoms with Crippen LogP contribution in [0.3, 0.4) is 0 Å². The van der Waals surface area contributed by atoms with E-state index in [1.807, 2.05) is 6.20 Å². The van der Waals surface area contributed by atoms with E-state index in [4.69, 9.17) is 0 Å². The maximum Gasteiger partial charge on any atom is 0.0535 e. The first-order valence-electron chi connectivity index (χ1n) is 7.01. The van der Waals surface area contributed by atoms with Crippen LogP contribution in [-0.4, -0.2) is 41.3 Å². The summed E-state index contributed by atoms with van der Waals surface area (Å²) < 4.78 is 0. The highest BCUT2D eigenvalue weighted by atomic mass is 15.2. The Hall–Kier alpha value is -0.870. The van der Waals surface area contributed by atoms with Gasteiger partial charge in [0.15, 0.2) is 0 Å². The highest BCUT2D eigenvalue weighted by molar-refractivity contribution is 5.14. The zero-order valence-electron chi connectivity index (χ0n) is 11.9. The molecule has 4 nitrogen and oxygen atoms in total. The van der Waals surface area contributed by atoms with Crippen molar-refractivity contribution in [2.45, 2.75) is 51.1 Å². The molecule has 0 saturated heterocycles. The summed E-state index contributed by atoms with van der Waals surface area (Å²) in [5.74, 6) is 0. The largest absolute Gasteiger partial charge is 0.311 e. The van der Waals surface area contributed by atoms with Crippen molar-refractivity contribution in [2.75, 3.05) is 20.6 Å². The summed E-state index contributed by atoms with van der Waals surface area (Å²) in [7, 11) is 4.44. The topological polar surface area (TPSA) is 44.0 Å². The monoisotopic (exact) mass is 250 g/mol. The van der Waals surface area contributed by atoms with Gasteiger partial charge in [-0.05, 0) is 33.9 Å². The summed E-state index contributed by atoms with van der Waals surface area (Å²) >= 11 is 0. The third kappa shape index (κ3) is 2.93. The number of hydrogen-bond donors (Lipinski definition) is 2. The smallest absolute Gasteiger partial charge is 0.0535 e. The van der Waals surface area contributed by atoms with E-state index >= 15 is 0 Å². The molecule has 1 heterocycles. The molecule has 0 unspecified atom stereocenters. The number of hydrogen-bond acceptors (Lipinski definition) is 3. The number of aromatic nitrogens is 2. The standard InChI is InChI=1S/C14H26N4/c1-12-13(10-16-17-12)9-15-11-14(18(2)3)7-5-4-6-8-14/h10,15H,4-9,11H2,1-3H3,(H,16,17). The second kappa shape index (κ2) is 5.85. The maximum absolute atomic E-state index is 4.06. The van der Waals surface area contributed by atoms with E-state index in [1.165, 1.54) is 43.4 Å². The zero-order chi connectivity index (χ0) is 13.0. The average molecular weight is 250 g/mol. The maximum atomic E-state index is 4.06. The van der Waals surface area contributed by atoms with Crippen LogP contribution in [0.2, 0.25) is 0 Å². The summed E-state index contributed by atoms with van der Waals surface area (Å²) in [4.78, 5) is 2.42. The molecule has 1 aliphatic carbocycles. The van der Waals surface area contributed by atoms with Gasteiger partial charge in [0.2, 0.25) is 0 Å². The SMILES string of the molecule is Cc1[nH]ncc1CNCC1(N(C)C)CCCCC1. The van der Waals surface area contributed by atoms with E-state index in [0.717, 1.165) is 13.1 Å². The van der Waals surface area contributed by atoms with E-state index < -0.39 is 0 Å². The van der Waals surface area contributed by atoms with Crippen molar-refractivity contribution in [3.63, 3.8) is 0 Å². The first kappa shape index (κ1) is 13.6. The number of H-pyrrole nitrogens is 1. The Morgan fingerprint density at radius 3 is 2.61 bits per heavy atom. The van der Waals surface area contributed by atoms with Gasteiger partial charge in [-0.2, -0.15) is 5.10 Å². The highest BCUT2D eigenvalue weighted by Crippen LogP contribution is 2.31. The van der Waals surface area contributed by atoms with Gasteiger partial charge in [-0.3, -0.25) is 5.10 Å². The minimum atomic E-state index is 0.357. The lowest BCUT2D eigenvalue weighted by molar-refractivity contribution is 0.0984. The van der Waals surface area contributed by atoms with Crippen LogP contribution in [0.1, 0.15) is 43.4 Å². The summed E-state index contributed by atoms with van der Waals surface area (Å²) in [5.41, 5.74) is 2.81. The second-order valence-electron chi connectivity index (χ2n) is 5.80. The Morgan fingerprint density at radius 2 is 2.06 bits per heavy atom. The van der Waals surface area contributed by atoms with Crippen molar-refractivity contribution in [2.24, 2.45) is 0 Å². The minimum Gasteiger partial charge on any atom is -0.311 e. The molecule has 0 atom stereocenters. The predicted molar refractivity (Wildman–Crippen MR) is 74.5 cm³/mol. The summed E-state index contributed by atoms with van der Waals surface area (Å²) in [6.45, 7) is 4.06.